The molecule has 0 N–H and O–H groups in total. The molecule has 0 radical (unpaired) electrons. The highest BCUT2D eigenvalue weighted by atomic mass is 16.5. The van der Waals surface area contributed by atoms with Gasteiger partial charge in [0.05, 0.1) is 14.2 Å². The van der Waals surface area contributed by atoms with Crippen LogP contribution >= 0.6 is 0 Å². The second-order valence-electron chi connectivity index (χ2n) is 7.80. The van der Waals surface area contributed by atoms with E-state index < -0.39 is 0 Å². The number of methoxy groups -OCH3 is 2. The number of benzene rings is 2. The maximum atomic E-state index is 5.58. The lowest BCUT2D eigenvalue weighted by Crippen LogP contribution is -1.95. The van der Waals surface area contributed by atoms with Crippen molar-refractivity contribution in [2.24, 2.45) is 0 Å². The Bertz CT molecular complexity index is 710. The summed E-state index contributed by atoms with van der Waals surface area (Å²) in [4.78, 5) is 0. The number of fused-ring (bicyclic) bond motifs is 4. The maximum Gasteiger partial charge on any atom is 0.122 e. The number of aryl methyl sites for hydroxylation is 2. The topological polar surface area (TPSA) is 18.5 Å². The van der Waals surface area contributed by atoms with E-state index in [1.165, 1.54) is 73.6 Å². The molecule has 0 unspecified atom stereocenters. The monoisotopic (exact) mass is 378 g/mol. The van der Waals surface area contributed by atoms with Gasteiger partial charge in [0.2, 0.25) is 0 Å². The van der Waals surface area contributed by atoms with E-state index in [0.29, 0.717) is 0 Å². The van der Waals surface area contributed by atoms with Gasteiger partial charge in [-0.3, -0.25) is 0 Å². The van der Waals surface area contributed by atoms with Gasteiger partial charge in [-0.2, -0.15) is 0 Å². The third-order valence-electron chi connectivity index (χ3n) is 5.72. The SMILES string of the molecule is COc1ccc2cc1CCCCCCCCCCc1cc(ccc1OC)/C=C\2. The van der Waals surface area contributed by atoms with Crippen LogP contribution in [-0.4, -0.2) is 14.2 Å². The van der Waals surface area contributed by atoms with Gasteiger partial charge in [-0.05, 0) is 72.2 Å². The van der Waals surface area contributed by atoms with Gasteiger partial charge in [0, 0.05) is 0 Å². The molecule has 0 heterocycles. The van der Waals surface area contributed by atoms with Crippen LogP contribution in [0, 0.1) is 0 Å². The molecule has 1 aliphatic rings. The molecule has 1 aliphatic carbocycles. The highest BCUT2D eigenvalue weighted by Gasteiger charge is 2.06. The van der Waals surface area contributed by atoms with E-state index in [2.05, 4.69) is 48.6 Å². The van der Waals surface area contributed by atoms with E-state index in [9.17, 15) is 0 Å². The third kappa shape index (κ3) is 5.89. The molecule has 2 heteroatoms. The van der Waals surface area contributed by atoms with Crippen molar-refractivity contribution < 1.29 is 9.47 Å². The third-order valence-corrected chi connectivity index (χ3v) is 5.72. The normalized spacial score (nSPS) is 17.2. The Morgan fingerprint density at radius 3 is 1.32 bits per heavy atom. The molecule has 2 nitrogen and oxygen atoms in total. The largest absolute Gasteiger partial charge is 0.496 e. The first-order valence-corrected chi connectivity index (χ1v) is 10.8. The molecule has 2 aromatic carbocycles. The van der Waals surface area contributed by atoms with Crippen molar-refractivity contribution >= 4 is 12.2 Å². The van der Waals surface area contributed by atoms with E-state index in [4.69, 9.17) is 9.47 Å². The first-order chi connectivity index (χ1) is 13.8. The zero-order chi connectivity index (χ0) is 19.6. The van der Waals surface area contributed by atoms with E-state index in [0.717, 1.165) is 24.3 Å². The van der Waals surface area contributed by atoms with Gasteiger partial charge in [0.25, 0.3) is 0 Å². The highest BCUT2D eigenvalue weighted by molar-refractivity contribution is 5.71. The van der Waals surface area contributed by atoms with Gasteiger partial charge in [0.1, 0.15) is 11.5 Å². The van der Waals surface area contributed by atoms with E-state index in [-0.39, 0.29) is 0 Å². The summed E-state index contributed by atoms with van der Waals surface area (Å²) in [5.41, 5.74) is 5.10. The molecule has 0 spiro atoms. The molecule has 28 heavy (non-hydrogen) atoms. The van der Waals surface area contributed by atoms with Crippen molar-refractivity contribution in [3.63, 3.8) is 0 Å². The first-order valence-electron chi connectivity index (χ1n) is 10.8. The standard InChI is InChI=1S/C26H34O2/c1-27-25-17-15-21-13-14-22-16-18-26(28-2)24(20-22)12-10-8-6-4-3-5-7-9-11-23(25)19-21/h13-20H,3-12H2,1-2H3/b14-13-. The summed E-state index contributed by atoms with van der Waals surface area (Å²) in [5, 5.41) is 0. The molecular formula is C26H34O2. The van der Waals surface area contributed by atoms with Crippen LogP contribution in [0.3, 0.4) is 0 Å². The lowest BCUT2D eigenvalue weighted by molar-refractivity contribution is 0.408. The number of hydrogen-bond donors (Lipinski definition) is 0. The molecule has 0 fully saturated rings. The fourth-order valence-electron chi connectivity index (χ4n) is 4.08. The van der Waals surface area contributed by atoms with Crippen LogP contribution in [0.2, 0.25) is 0 Å². The van der Waals surface area contributed by atoms with Crippen LogP contribution in [0.5, 0.6) is 11.5 Å². The van der Waals surface area contributed by atoms with Gasteiger partial charge in [-0.1, -0.05) is 62.8 Å². The molecule has 2 aromatic rings. The second kappa shape index (κ2) is 10.9. The quantitative estimate of drug-likeness (QED) is 0.555. The predicted octanol–water partition coefficient (Wildman–Crippen LogP) is 7.09. The van der Waals surface area contributed by atoms with E-state index >= 15 is 0 Å². The lowest BCUT2D eigenvalue weighted by atomic mass is 9.99. The minimum absolute atomic E-state index is 1.01. The smallest absolute Gasteiger partial charge is 0.122 e. The Morgan fingerprint density at radius 1 is 0.536 bits per heavy atom. The average Bonchev–Trinajstić information content (AvgIpc) is 2.73. The molecule has 150 valence electrons. The fraction of sp³-hybridized carbons (Fsp3) is 0.462. The molecule has 0 amide bonds. The lowest BCUT2D eigenvalue weighted by Gasteiger charge is -2.11. The minimum atomic E-state index is 1.01. The summed E-state index contributed by atoms with van der Waals surface area (Å²) >= 11 is 0. The van der Waals surface area contributed by atoms with Crippen LogP contribution in [0.25, 0.3) is 12.2 Å². The van der Waals surface area contributed by atoms with Crippen molar-refractivity contribution in [1.82, 2.24) is 0 Å². The molecule has 0 aromatic heterocycles. The van der Waals surface area contributed by atoms with Crippen LogP contribution in [0.1, 0.15) is 73.6 Å². The van der Waals surface area contributed by atoms with E-state index in [1.54, 1.807) is 14.2 Å². The first kappa shape index (κ1) is 20.5. The zero-order valence-corrected chi connectivity index (χ0v) is 17.5. The Morgan fingerprint density at radius 2 is 0.929 bits per heavy atom. The summed E-state index contributed by atoms with van der Waals surface area (Å²) < 4.78 is 11.2. The van der Waals surface area contributed by atoms with Gasteiger partial charge < -0.3 is 9.47 Å². The summed E-state index contributed by atoms with van der Waals surface area (Å²) in [7, 11) is 3.54. The van der Waals surface area contributed by atoms with E-state index in [1.807, 2.05) is 0 Å². The maximum absolute atomic E-state index is 5.58. The Hall–Kier alpha value is -2.22. The van der Waals surface area contributed by atoms with Crippen molar-refractivity contribution in [2.45, 2.75) is 64.2 Å². The molecule has 0 aliphatic heterocycles. The molecule has 4 bridgehead atoms. The van der Waals surface area contributed by atoms with Crippen molar-refractivity contribution in [2.75, 3.05) is 14.2 Å². The summed E-state index contributed by atoms with van der Waals surface area (Å²) in [6.45, 7) is 0. The average molecular weight is 379 g/mol. The molecular weight excluding hydrogens is 344 g/mol. The number of hydrogen-bond acceptors (Lipinski definition) is 2. The van der Waals surface area contributed by atoms with Gasteiger partial charge in [0.15, 0.2) is 0 Å². The predicted molar refractivity (Wildman–Crippen MR) is 119 cm³/mol. The minimum Gasteiger partial charge on any atom is -0.496 e. The Kier molecular flexibility index (Phi) is 8.02. The number of rotatable bonds is 2. The van der Waals surface area contributed by atoms with Crippen molar-refractivity contribution in [1.29, 1.82) is 0 Å². The van der Waals surface area contributed by atoms with Gasteiger partial charge >= 0.3 is 0 Å². The molecule has 0 saturated carbocycles. The zero-order valence-electron chi connectivity index (χ0n) is 17.5. The van der Waals surface area contributed by atoms with Gasteiger partial charge in [-0.25, -0.2) is 0 Å². The van der Waals surface area contributed by atoms with Crippen LogP contribution in [0.15, 0.2) is 36.4 Å². The van der Waals surface area contributed by atoms with Crippen LogP contribution in [0.4, 0.5) is 0 Å². The summed E-state index contributed by atoms with van der Waals surface area (Å²) in [6.07, 6.45) is 17.1. The molecule has 0 atom stereocenters. The molecule has 3 rings (SSSR count). The van der Waals surface area contributed by atoms with Crippen LogP contribution < -0.4 is 9.47 Å². The second-order valence-corrected chi connectivity index (χ2v) is 7.80. The molecule has 0 saturated heterocycles. The fourth-order valence-corrected chi connectivity index (χ4v) is 4.08. The van der Waals surface area contributed by atoms with Gasteiger partial charge in [-0.15, -0.1) is 0 Å². The summed E-state index contributed by atoms with van der Waals surface area (Å²) in [5.74, 6) is 2.02. The Labute approximate surface area is 170 Å². The number of ether oxygens (including phenoxy) is 2. The van der Waals surface area contributed by atoms with Crippen molar-refractivity contribution in [3.8, 4) is 11.5 Å². The Balaban J connectivity index is 1.85. The summed E-state index contributed by atoms with van der Waals surface area (Å²) in [6, 6.07) is 13.1. The van der Waals surface area contributed by atoms with Crippen molar-refractivity contribution in [3.05, 3.63) is 58.7 Å². The van der Waals surface area contributed by atoms with Crippen LogP contribution in [-0.2, 0) is 12.8 Å². The highest BCUT2D eigenvalue weighted by Crippen LogP contribution is 2.26.